The van der Waals surface area contributed by atoms with Gasteiger partial charge < -0.3 is 14.6 Å². The van der Waals surface area contributed by atoms with Gasteiger partial charge in [-0.1, -0.05) is 42.5 Å². The number of rotatable bonds is 6. The maximum Gasteiger partial charge on any atom is 0.573 e. The van der Waals surface area contributed by atoms with Gasteiger partial charge in [-0.3, -0.25) is 14.5 Å². The number of nitrogens with zero attached hydrogens (tertiary/aromatic N) is 1. The first-order chi connectivity index (χ1) is 16.7. The molecule has 1 heterocycles. The summed E-state index contributed by atoms with van der Waals surface area (Å²) in [7, 11) is 0. The van der Waals surface area contributed by atoms with Crippen molar-refractivity contribution in [3.63, 3.8) is 0 Å². The van der Waals surface area contributed by atoms with Gasteiger partial charge in [0.25, 0.3) is 11.7 Å². The van der Waals surface area contributed by atoms with Crippen molar-refractivity contribution in [2.45, 2.75) is 19.3 Å². The summed E-state index contributed by atoms with van der Waals surface area (Å²) in [5, 5.41) is 11.1. The molecule has 0 radical (unpaired) electrons. The van der Waals surface area contributed by atoms with Crippen molar-refractivity contribution in [1.29, 1.82) is 0 Å². The molecule has 4 rings (SSSR count). The first-order valence-electron chi connectivity index (χ1n) is 10.6. The van der Waals surface area contributed by atoms with E-state index in [1.807, 2.05) is 0 Å². The predicted octanol–water partition coefficient (Wildman–Crippen LogP) is 5.61. The van der Waals surface area contributed by atoms with Crippen molar-refractivity contribution in [3.8, 4) is 11.5 Å². The molecule has 0 spiro atoms. The molecule has 0 saturated carbocycles. The summed E-state index contributed by atoms with van der Waals surface area (Å²) >= 11 is 0. The zero-order valence-electron chi connectivity index (χ0n) is 18.5. The molecule has 1 aliphatic heterocycles. The summed E-state index contributed by atoms with van der Waals surface area (Å²) in [4.78, 5) is 27.4. The standard InChI is InChI=1S/C26H20F3NO5/c1-2-34-20-10-6-9-17(15-20)23(31)21-22(16-7-4-3-5-8-16)30(25(33)24(21)32)18-11-13-19(14-12-18)35-26(27,28)29/h3-15,22,31H,2H2,1H3/b23-21-. The van der Waals surface area contributed by atoms with Gasteiger partial charge in [0.2, 0.25) is 0 Å². The van der Waals surface area contributed by atoms with E-state index in [1.54, 1.807) is 61.5 Å². The van der Waals surface area contributed by atoms with Gasteiger partial charge in [-0.25, -0.2) is 0 Å². The van der Waals surface area contributed by atoms with Gasteiger partial charge in [-0.05, 0) is 48.9 Å². The van der Waals surface area contributed by atoms with E-state index in [2.05, 4.69) is 4.74 Å². The molecule has 0 aliphatic carbocycles. The van der Waals surface area contributed by atoms with E-state index in [-0.39, 0.29) is 16.8 Å². The van der Waals surface area contributed by atoms with Gasteiger partial charge in [-0.15, -0.1) is 13.2 Å². The number of hydrogen-bond donors (Lipinski definition) is 1. The van der Waals surface area contributed by atoms with E-state index >= 15 is 0 Å². The minimum Gasteiger partial charge on any atom is -0.507 e. The van der Waals surface area contributed by atoms with E-state index in [0.29, 0.717) is 17.9 Å². The molecule has 1 amide bonds. The molecule has 9 heteroatoms. The molecule has 180 valence electrons. The van der Waals surface area contributed by atoms with Gasteiger partial charge in [0.05, 0.1) is 18.2 Å². The lowest BCUT2D eigenvalue weighted by molar-refractivity contribution is -0.274. The normalized spacial score (nSPS) is 17.5. The van der Waals surface area contributed by atoms with Crippen molar-refractivity contribution in [3.05, 3.63) is 95.6 Å². The van der Waals surface area contributed by atoms with Crippen LogP contribution in [0.2, 0.25) is 0 Å². The Kier molecular flexibility index (Phi) is 6.50. The van der Waals surface area contributed by atoms with Crippen molar-refractivity contribution in [2.75, 3.05) is 11.5 Å². The summed E-state index contributed by atoms with van der Waals surface area (Å²) in [5.41, 5.74) is 0.830. The van der Waals surface area contributed by atoms with Crippen LogP contribution in [0.3, 0.4) is 0 Å². The highest BCUT2D eigenvalue weighted by molar-refractivity contribution is 6.51. The van der Waals surface area contributed by atoms with Gasteiger partial charge in [0, 0.05) is 11.3 Å². The van der Waals surface area contributed by atoms with Crippen LogP contribution in [0, 0.1) is 0 Å². The number of amides is 1. The lowest BCUT2D eigenvalue weighted by atomic mass is 9.95. The molecule has 1 N–H and O–H groups in total. The predicted molar refractivity (Wildman–Crippen MR) is 122 cm³/mol. The van der Waals surface area contributed by atoms with Crippen molar-refractivity contribution >= 4 is 23.1 Å². The third-order valence-electron chi connectivity index (χ3n) is 5.33. The number of halogens is 3. The first kappa shape index (κ1) is 23.9. The number of alkyl halides is 3. The van der Waals surface area contributed by atoms with Crippen LogP contribution >= 0.6 is 0 Å². The number of ketones is 1. The fourth-order valence-electron chi connectivity index (χ4n) is 3.91. The number of Topliss-reactive ketones (excluding diaryl/α,β-unsaturated/α-hetero) is 1. The number of carbonyl (C=O) groups excluding carboxylic acids is 2. The molecule has 35 heavy (non-hydrogen) atoms. The van der Waals surface area contributed by atoms with E-state index in [1.165, 1.54) is 12.1 Å². The van der Waals surface area contributed by atoms with Crippen LogP contribution in [0.1, 0.15) is 24.1 Å². The highest BCUT2D eigenvalue weighted by Crippen LogP contribution is 2.42. The van der Waals surface area contributed by atoms with Crippen molar-refractivity contribution < 1.29 is 37.3 Å². The average molecular weight is 483 g/mol. The quantitative estimate of drug-likeness (QED) is 0.280. The average Bonchev–Trinajstić information content (AvgIpc) is 3.09. The molecule has 6 nitrogen and oxygen atoms in total. The van der Waals surface area contributed by atoms with E-state index in [9.17, 15) is 27.9 Å². The van der Waals surface area contributed by atoms with Crippen LogP contribution in [0.15, 0.2) is 84.4 Å². The number of anilines is 1. The Morgan fingerprint density at radius 2 is 1.63 bits per heavy atom. The Labute approximate surface area is 198 Å². The van der Waals surface area contributed by atoms with Gasteiger partial charge in [0.1, 0.15) is 17.3 Å². The monoisotopic (exact) mass is 483 g/mol. The zero-order valence-corrected chi connectivity index (χ0v) is 18.5. The maximum absolute atomic E-state index is 13.1. The van der Waals surface area contributed by atoms with Crippen LogP contribution < -0.4 is 14.4 Å². The van der Waals surface area contributed by atoms with Crippen LogP contribution in [-0.4, -0.2) is 29.8 Å². The smallest absolute Gasteiger partial charge is 0.507 e. The zero-order chi connectivity index (χ0) is 25.2. The fourth-order valence-corrected chi connectivity index (χ4v) is 3.91. The van der Waals surface area contributed by atoms with E-state index in [0.717, 1.165) is 17.0 Å². The molecule has 0 aromatic heterocycles. The van der Waals surface area contributed by atoms with Crippen LogP contribution in [0.4, 0.5) is 18.9 Å². The minimum absolute atomic E-state index is 0.148. The van der Waals surface area contributed by atoms with Crippen LogP contribution in [-0.2, 0) is 9.59 Å². The molecular formula is C26H20F3NO5. The molecule has 1 aliphatic rings. The second kappa shape index (κ2) is 9.54. The molecule has 1 atom stereocenters. The largest absolute Gasteiger partial charge is 0.573 e. The molecule has 3 aromatic carbocycles. The number of aliphatic hydroxyl groups excluding tert-OH is 1. The summed E-state index contributed by atoms with van der Waals surface area (Å²) < 4.78 is 47.0. The fraction of sp³-hybridized carbons (Fsp3) is 0.154. The second-order valence-corrected chi connectivity index (χ2v) is 7.58. The molecule has 1 fully saturated rings. The number of aliphatic hydroxyl groups is 1. The molecular weight excluding hydrogens is 463 g/mol. The SMILES string of the molecule is CCOc1cccc(/C(O)=C2/C(=O)C(=O)N(c3ccc(OC(F)(F)F)cc3)C2c2ccccc2)c1. The first-order valence-corrected chi connectivity index (χ1v) is 10.6. The highest BCUT2D eigenvalue weighted by Gasteiger charge is 2.47. The number of hydrogen-bond acceptors (Lipinski definition) is 5. The van der Waals surface area contributed by atoms with Crippen molar-refractivity contribution in [1.82, 2.24) is 0 Å². The Bertz CT molecular complexity index is 1270. The molecule has 0 bridgehead atoms. The highest BCUT2D eigenvalue weighted by atomic mass is 19.4. The summed E-state index contributed by atoms with van der Waals surface area (Å²) in [5.74, 6) is -2.23. The molecule has 1 unspecified atom stereocenters. The van der Waals surface area contributed by atoms with Gasteiger partial charge in [0.15, 0.2) is 0 Å². The second-order valence-electron chi connectivity index (χ2n) is 7.58. The number of carbonyl (C=O) groups is 2. The summed E-state index contributed by atoms with van der Waals surface area (Å²) in [6.07, 6.45) is -4.87. The third-order valence-corrected chi connectivity index (χ3v) is 5.33. The van der Waals surface area contributed by atoms with E-state index < -0.39 is 35.6 Å². The summed E-state index contributed by atoms with van der Waals surface area (Å²) in [6, 6.07) is 18.6. The Hall–Kier alpha value is -4.27. The minimum atomic E-state index is -4.87. The Balaban J connectivity index is 1.83. The lowest BCUT2D eigenvalue weighted by Crippen LogP contribution is -2.29. The summed E-state index contributed by atoms with van der Waals surface area (Å²) in [6.45, 7) is 2.20. The Morgan fingerprint density at radius 1 is 0.943 bits per heavy atom. The van der Waals surface area contributed by atoms with Crippen LogP contribution in [0.5, 0.6) is 11.5 Å². The van der Waals surface area contributed by atoms with Crippen molar-refractivity contribution in [2.24, 2.45) is 0 Å². The maximum atomic E-state index is 13.1. The van der Waals surface area contributed by atoms with Gasteiger partial charge in [-0.2, -0.15) is 0 Å². The Morgan fingerprint density at radius 3 is 2.26 bits per heavy atom. The number of ether oxygens (including phenoxy) is 2. The molecule has 1 saturated heterocycles. The topological polar surface area (TPSA) is 76.1 Å². The number of benzene rings is 3. The molecule has 3 aromatic rings. The van der Waals surface area contributed by atoms with Crippen LogP contribution in [0.25, 0.3) is 5.76 Å². The lowest BCUT2D eigenvalue weighted by Gasteiger charge is -2.25. The van der Waals surface area contributed by atoms with Gasteiger partial charge >= 0.3 is 6.36 Å². The van der Waals surface area contributed by atoms with E-state index in [4.69, 9.17) is 4.74 Å². The third kappa shape index (κ3) is 4.98.